The average molecular weight is 293 g/mol. The number of rotatable bonds is 8. The number of esters is 1. The molecule has 0 fully saturated rings. The summed E-state index contributed by atoms with van der Waals surface area (Å²) in [5.41, 5.74) is 5.47. The lowest BCUT2D eigenvalue weighted by atomic mass is 10.1. The molecule has 6 nitrogen and oxygen atoms in total. The third-order valence-corrected chi connectivity index (χ3v) is 2.75. The number of benzene rings is 1. The van der Waals surface area contributed by atoms with Crippen LogP contribution in [0.5, 0.6) is 5.75 Å². The van der Waals surface area contributed by atoms with Gasteiger partial charge in [-0.05, 0) is 38.1 Å². The Morgan fingerprint density at radius 3 is 2.29 bits per heavy atom. The molecule has 0 spiro atoms. The summed E-state index contributed by atoms with van der Waals surface area (Å²) in [4.78, 5) is 34.1. The van der Waals surface area contributed by atoms with Crippen molar-refractivity contribution in [3.63, 3.8) is 0 Å². The molecule has 2 N–H and O–H groups in total. The van der Waals surface area contributed by atoms with Crippen LogP contribution in [0, 0.1) is 0 Å². The van der Waals surface area contributed by atoms with Crippen LogP contribution in [0.1, 0.15) is 37.0 Å². The Morgan fingerprint density at radius 1 is 1.14 bits per heavy atom. The Labute approximate surface area is 123 Å². The molecule has 0 aromatic heterocycles. The van der Waals surface area contributed by atoms with Gasteiger partial charge in [0.2, 0.25) is 0 Å². The van der Waals surface area contributed by atoms with Gasteiger partial charge in [0.05, 0.1) is 13.0 Å². The third-order valence-electron chi connectivity index (χ3n) is 2.75. The van der Waals surface area contributed by atoms with Crippen LogP contribution in [0.3, 0.4) is 0 Å². The molecule has 1 aromatic carbocycles. The first-order chi connectivity index (χ1) is 9.93. The number of ether oxygens (including phenoxy) is 2. The van der Waals surface area contributed by atoms with Crippen LogP contribution < -0.4 is 10.5 Å². The van der Waals surface area contributed by atoms with Gasteiger partial charge in [-0.3, -0.25) is 14.4 Å². The summed E-state index contributed by atoms with van der Waals surface area (Å²) in [6, 6.07) is 6.68. The highest BCUT2D eigenvalue weighted by atomic mass is 16.5. The van der Waals surface area contributed by atoms with E-state index in [9.17, 15) is 14.4 Å². The number of primary amides is 1. The van der Waals surface area contributed by atoms with Gasteiger partial charge in [0.15, 0.2) is 11.9 Å². The monoisotopic (exact) mass is 293 g/mol. The van der Waals surface area contributed by atoms with E-state index in [2.05, 4.69) is 0 Å². The van der Waals surface area contributed by atoms with E-state index in [-0.39, 0.29) is 18.6 Å². The number of hydrogen-bond acceptors (Lipinski definition) is 5. The minimum absolute atomic E-state index is 0.0122. The van der Waals surface area contributed by atoms with E-state index in [1.807, 2.05) is 6.92 Å². The summed E-state index contributed by atoms with van der Waals surface area (Å²) in [7, 11) is 0. The van der Waals surface area contributed by atoms with E-state index >= 15 is 0 Å². The smallest absolute Gasteiger partial charge is 0.307 e. The average Bonchev–Trinajstić information content (AvgIpc) is 2.45. The van der Waals surface area contributed by atoms with Crippen molar-refractivity contribution < 1.29 is 23.9 Å². The van der Waals surface area contributed by atoms with Crippen molar-refractivity contribution in [1.29, 1.82) is 0 Å². The number of carbonyl (C=O) groups excluding carboxylic acids is 3. The maximum atomic E-state index is 11.9. The molecule has 0 heterocycles. The summed E-state index contributed by atoms with van der Waals surface area (Å²) in [5, 5.41) is 0. The SMILES string of the molecule is CCOc1ccc(C(=O)CCC(=O)O[C@@H](C)C(N)=O)cc1. The van der Waals surface area contributed by atoms with Crippen molar-refractivity contribution in [3.05, 3.63) is 29.8 Å². The molecule has 0 aliphatic carbocycles. The molecular weight excluding hydrogens is 274 g/mol. The fraction of sp³-hybridized carbons (Fsp3) is 0.400. The molecule has 1 amide bonds. The molecule has 0 unspecified atom stereocenters. The lowest BCUT2D eigenvalue weighted by molar-refractivity contribution is -0.153. The highest BCUT2D eigenvalue weighted by Crippen LogP contribution is 2.14. The van der Waals surface area contributed by atoms with Gasteiger partial charge in [0, 0.05) is 12.0 Å². The molecule has 0 radical (unpaired) electrons. The molecule has 1 rings (SSSR count). The Hall–Kier alpha value is -2.37. The van der Waals surface area contributed by atoms with Gasteiger partial charge in [-0.2, -0.15) is 0 Å². The number of nitrogens with two attached hydrogens (primary N) is 1. The normalized spacial score (nSPS) is 11.5. The van der Waals surface area contributed by atoms with Gasteiger partial charge in [-0.25, -0.2) is 0 Å². The predicted molar refractivity (Wildman–Crippen MR) is 75.9 cm³/mol. The lowest BCUT2D eigenvalue weighted by Crippen LogP contribution is -2.30. The van der Waals surface area contributed by atoms with E-state index < -0.39 is 18.0 Å². The number of Topliss-reactive ketones (excluding diaryl/α,β-unsaturated/α-hetero) is 1. The maximum absolute atomic E-state index is 11.9. The standard InChI is InChI=1S/C15H19NO5/c1-3-20-12-6-4-11(5-7-12)13(17)8-9-14(18)21-10(2)15(16)19/h4-7,10H,3,8-9H2,1-2H3,(H2,16,19)/t10-/m0/s1. The van der Waals surface area contributed by atoms with E-state index in [1.54, 1.807) is 24.3 Å². The quantitative estimate of drug-likeness (QED) is 0.578. The van der Waals surface area contributed by atoms with Crippen molar-refractivity contribution >= 4 is 17.7 Å². The predicted octanol–water partition coefficient (Wildman–Crippen LogP) is 1.47. The highest BCUT2D eigenvalue weighted by Gasteiger charge is 2.16. The Morgan fingerprint density at radius 2 is 1.76 bits per heavy atom. The minimum atomic E-state index is -0.988. The Bertz CT molecular complexity index is 509. The summed E-state index contributed by atoms with van der Waals surface area (Å²) in [6.45, 7) is 3.81. The van der Waals surface area contributed by atoms with Gasteiger partial charge >= 0.3 is 5.97 Å². The summed E-state index contributed by atoms with van der Waals surface area (Å²) >= 11 is 0. The van der Waals surface area contributed by atoms with Crippen molar-refractivity contribution in [2.45, 2.75) is 32.8 Å². The third kappa shape index (κ3) is 5.64. The zero-order valence-corrected chi connectivity index (χ0v) is 12.1. The number of carbonyl (C=O) groups is 3. The lowest BCUT2D eigenvalue weighted by Gasteiger charge is -2.09. The highest BCUT2D eigenvalue weighted by molar-refractivity contribution is 5.97. The molecule has 0 saturated heterocycles. The molecule has 1 atom stereocenters. The van der Waals surface area contributed by atoms with Crippen LogP contribution in [-0.4, -0.2) is 30.4 Å². The Balaban J connectivity index is 2.46. The van der Waals surface area contributed by atoms with Crippen LogP contribution in [-0.2, 0) is 14.3 Å². The van der Waals surface area contributed by atoms with Crippen LogP contribution in [0.25, 0.3) is 0 Å². The second-order valence-corrected chi connectivity index (χ2v) is 4.42. The van der Waals surface area contributed by atoms with Crippen LogP contribution in [0.4, 0.5) is 0 Å². The topological polar surface area (TPSA) is 95.7 Å². The van der Waals surface area contributed by atoms with Gasteiger partial charge in [0.1, 0.15) is 5.75 Å². The van der Waals surface area contributed by atoms with Crippen molar-refractivity contribution in [2.24, 2.45) is 5.73 Å². The van der Waals surface area contributed by atoms with Crippen molar-refractivity contribution in [1.82, 2.24) is 0 Å². The fourth-order valence-corrected chi connectivity index (χ4v) is 1.58. The maximum Gasteiger partial charge on any atom is 0.307 e. The molecular formula is C15H19NO5. The first kappa shape index (κ1) is 16.7. The minimum Gasteiger partial charge on any atom is -0.494 e. The zero-order chi connectivity index (χ0) is 15.8. The Kier molecular flexibility index (Phi) is 6.39. The molecule has 114 valence electrons. The van der Waals surface area contributed by atoms with Gasteiger partial charge in [-0.15, -0.1) is 0 Å². The van der Waals surface area contributed by atoms with Gasteiger partial charge in [0.25, 0.3) is 5.91 Å². The molecule has 1 aromatic rings. The van der Waals surface area contributed by atoms with Gasteiger partial charge in [-0.1, -0.05) is 0 Å². The molecule has 21 heavy (non-hydrogen) atoms. The molecule has 0 aliphatic heterocycles. The van der Waals surface area contributed by atoms with E-state index in [1.165, 1.54) is 6.92 Å². The van der Waals surface area contributed by atoms with Crippen molar-refractivity contribution in [3.8, 4) is 5.75 Å². The van der Waals surface area contributed by atoms with E-state index in [0.29, 0.717) is 17.9 Å². The first-order valence-corrected chi connectivity index (χ1v) is 6.69. The van der Waals surface area contributed by atoms with Crippen LogP contribution in [0.2, 0.25) is 0 Å². The zero-order valence-electron chi connectivity index (χ0n) is 12.1. The fourth-order valence-electron chi connectivity index (χ4n) is 1.58. The summed E-state index contributed by atoms with van der Waals surface area (Å²) < 4.78 is 10.0. The second-order valence-electron chi connectivity index (χ2n) is 4.42. The van der Waals surface area contributed by atoms with E-state index in [4.69, 9.17) is 15.2 Å². The number of amides is 1. The summed E-state index contributed by atoms with van der Waals surface area (Å²) in [5.74, 6) is -0.841. The number of hydrogen-bond donors (Lipinski definition) is 1. The second kappa shape index (κ2) is 8.04. The van der Waals surface area contributed by atoms with Gasteiger partial charge < -0.3 is 15.2 Å². The largest absolute Gasteiger partial charge is 0.494 e. The van der Waals surface area contributed by atoms with E-state index in [0.717, 1.165) is 0 Å². The molecule has 6 heteroatoms. The molecule has 0 bridgehead atoms. The summed E-state index contributed by atoms with van der Waals surface area (Å²) in [6.07, 6.45) is -1.07. The van der Waals surface area contributed by atoms with Crippen molar-refractivity contribution in [2.75, 3.05) is 6.61 Å². The van der Waals surface area contributed by atoms with Crippen LogP contribution >= 0.6 is 0 Å². The van der Waals surface area contributed by atoms with Crippen LogP contribution in [0.15, 0.2) is 24.3 Å². The molecule has 0 saturated carbocycles. The number of ketones is 1. The first-order valence-electron chi connectivity index (χ1n) is 6.69. The molecule has 0 aliphatic rings.